The Bertz CT molecular complexity index is 572. The molecule has 0 saturated carbocycles. The molecule has 2 rings (SSSR count). The zero-order chi connectivity index (χ0) is 19.0. The molecule has 2 saturated heterocycles. The van der Waals surface area contributed by atoms with Crippen LogP contribution in [0.5, 0.6) is 0 Å². The maximum absolute atomic E-state index is 12.3. The molecular formula is C13H16Cl3NO7S. The Morgan fingerprint density at radius 1 is 1.48 bits per heavy atom. The first-order chi connectivity index (χ1) is 11.5. The Hall–Kier alpha value is -0.610. The number of hydrogen-bond acceptors (Lipinski definition) is 7. The van der Waals surface area contributed by atoms with Crippen molar-refractivity contribution in [2.75, 3.05) is 19.8 Å². The number of alkyl halides is 3. The van der Waals surface area contributed by atoms with Crippen LogP contribution in [0.4, 0.5) is 4.79 Å². The molecule has 0 aromatic rings. The number of carbonyl (C=O) groups is 3. The third kappa shape index (κ3) is 4.39. The maximum atomic E-state index is 12.3. The molecule has 1 N–H and O–H groups in total. The lowest BCUT2D eigenvalue weighted by Crippen LogP contribution is -2.61. The average Bonchev–Trinajstić information content (AvgIpc) is 2.81. The summed E-state index contributed by atoms with van der Waals surface area (Å²) in [7, 11) is 0. The summed E-state index contributed by atoms with van der Waals surface area (Å²) < 4.78 is 13.3. The van der Waals surface area contributed by atoms with Crippen molar-refractivity contribution in [2.45, 2.75) is 34.1 Å². The van der Waals surface area contributed by atoms with Gasteiger partial charge in [0, 0.05) is 6.61 Å². The number of halogens is 3. The lowest BCUT2D eigenvalue weighted by atomic mass is 9.92. The van der Waals surface area contributed by atoms with Crippen molar-refractivity contribution < 1.29 is 33.7 Å². The van der Waals surface area contributed by atoms with Crippen LogP contribution in [-0.2, 0) is 23.8 Å². The van der Waals surface area contributed by atoms with E-state index in [-0.39, 0.29) is 19.1 Å². The standard InChI is InChI=1S/C13H16Cl3NO7S/c1-3-23-12(10(19)20)4-17-8(18)7(9(17)25-12)6(2)24-11(21)22-5-13(14,15)16/h6-7,9H,3-5H2,1-2H3,(H,19,20)/t6?,7-,9+,12?/m0/s1. The molecule has 0 aliphatic carbocycles. The van der Waals surface area contributed by atoms with Gasteiger partial charge in [0.15, 0.2) is 0 Å². The highest BCUT2D eigenvalue weighted by Gasteiger charge is 2.64. The minimum absolute atomic E-state index is 0.0642. The Morgan fingerprint density at radius 2 is 2.12 bits per heavy atom. The van der Waals surface area contributed by atoms with Gasteiger partial charge in [-0.3, -0.25) is 4.79 Å². The first-order valence-electron chi connectivity index (χ1n) is 7.26. The number of aliphatic carboxylic acids is 1. The van der Waals surface area contributed by atoms with Crippen LogP contribution in [0, 0.1) is 5.92 Å². The highest BCUT2D eigenvalue weighted by molar-refractivity contribution is 8.02. The normalized spacial score (nSPS) is 29.6. The van der Waals surface area contributed by atoms with Gasteiger partial charge in [-0.1, -0.05) is 46.6 Å². The fraction of sp³-hybridized carbons (Fsp3) is 0.769. The fourth-order valence-corrected chi connectivity index (χ4v) is 4.48. The van der Waals surface area contributed by atoms with Gasteiger partial charge in [0.2, 0.25) is 14.6 Å². The third-order valence-corrected chi connectivity index (χ3v) is 5.64. The van der Waals surface area contributed by atoms with E-state index in [0.717, 1.165) is 11.8 Å². The van der Waals surface area contributed by atoms with Crippen LogP contribution in [-0.4, -0.2) is 68.0 Å². The van der Waals surface area contributed by atoms with E-state index in [1.807, 2.05) is 0 Å². The minimum Gasteiger partial charge on any atom is -0.478 e. The van der Waals surface area contributed by atoms with Gasteiger partial charge >= 0.3 is 12.1 Å². The largest absolute Gasteiger partial charge is 0.508 e. The first-order valence-corrected chi connectivity index (χ1v) is 9.28. The molecule has 12 heteroatoms. The van der Waals surface area contributed by atoms with Crippen LogP contribution in [0.15, 0.2) is 0 Å². The van der Waals surface area contributed by atoms with Crippen molar-refractivity contribution in [3.8, 4) is 0 Å². The first kappa shape index (κ1) is 20.7. The summed E-state index contributed by atoms with van der Waals surface area (Å²) in [5, 5.41) is 8.97. The van der Waals surface area contributed by atoms with Crippen LogP contribution >= 0.6 is 46.6 Å². The van der Waals surface area contributed by atoms with Crippen molar-refractivity contribution in [3.63, 3.8) is 0 Å². The highest BCUT2D eigenvalue weighted by Crippen LogP contribution is 2.51. The van der Waals surface area contributed by atoms with Crippen LogP contribution in [0.2, 0.25) is 0 Å². The number of β-lactam (4-membered cyclic amide) rings is 1. The number of nitrogens with zero attached hydrogens (tertiary/aromatic N) is 1. The zero-order valence-electron chi connectivity index (χ0n) is 13.2. The topological polar surface area (TPSA) is 102 Å². The summed E-state index contributed by atoms with van der Waals surface area (Å²) in [6.45, 7) is 2.81. The van der Waals surface area contributed by atoms with Gasteiger partial charge in [-0.15, -0.1) is 0 Å². The fourth-order valence-electron chi connectivity index (χ4n) is 2.64. The second kappa shape index (κ2) is 7.56. The molecule has 0 spiro atoms. The number of rotatable bonds is 6. The van der Waals surface area contributed by atoms with Crippen LogP contribution in [0.1, 0.15) is 13.8 Å². The lowest BCUT2D eigenvalue weighted by Gasteiger charge is -2.43. The van der Waals surface area contributed by atoms with Crippen LogP contribution in [0.3, 0.4) is 0 Å². The van der Waals surface area contributed by atoms with Gasteiger partial charge < -0.3 is 24.2 Å². The Balaban J connectivity index is 1.97. The molecule has 8 nitrogen and oxygen atoms in total. The number of fused-ring (bicyclic) bond motifs is 1. The van der Waals surface area contributed by atoms with Crippen molar-refractivity contribution in [1.82, 2.24) is 4.90 Å². The third-order valence-electron chi connectivity index (χ3n) is 3.72. The predicted octanol–water partition coefficient (Wildman–Crippen LogP) is 2.25. The van der Waals surface area contributed by atoms with Gasteiger partial charge in [-0.05, 0) is 13.8 Å². The molecule has 0 aromatic carbocycles. The van der Waals surface area contributed by atoms with E-state index >= 15 is 0 Å². The molecule has 2 aliphatic heterocycles. The molecule has 25 heavy (non-hydrogen) atoms. The van der Waals surface area contributed by atoms with E-state index in [1.54, 1.807) is 6.92 Å². The molecule has 2 heterocycles. The molecule has 1 amide bonds. The van der Waals surface area contributed by atoms with Gasteiger partial charge in [-0.25, -0.2) is 9.59 Å². The summed E-state index contributed by atoms with van der Waals surface area (Å²) in [5.41, 5.74) is 0. The van der Waals surface area contributed by atoms with Crippen molar-refractivity contribution in [3.05, 3.63) is 0 Å². The van der Waals surface area contributed by atoms with Crippen molar-refractivity contribution in [2.24, 2.45) is 5.92 Å². The molecule has 0 bridgehead atoms. The second-order valence-corrected chi connectivity index (χ2v) is 9.36. The lowest BCUT2D eigenvalue weighted by molar-refractivity contribution is -0.163. The zero-order valence-corrected chi connectivity index (χ0v) is 16.3. The average molecular weight is 437 g/mol. The Morgan fingerprint density at radius 3 is 2.64 bits per heavy atom. The second-order valence-electron chi connectivity index (χ2n) is 5.47. The monoisotopic (exact) mass is 435 g/mol. The van der Waals surface area contributed by atoms with Crippen LogP contribution < -0.4 is 0 Å². The number of hydrogen-bond donors (Lipinski definition) is 1. The molecule has 2 unspecified atom stereocenters. The number of carbonyl (C=O) groups excluding carboxylic acids is 2. The highest BCUT2D eigenvalue weighted by atomic mass is 35.6. The summed E-state index contributed by atoms with van der Waals surface area (Å²) in [6, 6.07) is 0. The SMILES string of the molecule is CCOC1(C(=O)O)CN2C(=O)[C@H](C(C)OC(=O)OCC(Cl)(Cl)Cl)[C@H]2S1. The number of thioether (sulfide) groups is 1. The summed E-state index contributed by atoms with van der Waals surface area (Å²) in [6.07, 6.45) is -1.92. The minimum atomic E-state index is -1.77. The summed E-state index contributed by atoms with van der Waals surface area (Å²) in [4.78, 5) is 35.3. The van der Waals surface area contributed by atoms with E-state index in [1.165, 1.54) is 11.8 Å². The van der Waals surface area contributed by atoms with Crippen LogP contribution in [0.25, 0.3) is 0 Å². The summed E-state index contributed by atoms with van der Waals surface area (Å²) in [5.74, 6) is -2.18. The molecule has 142 valence electrons. The van der Waals surface area contributed by atoms with E-state index in [4.69, 9.17) is 44.3 Å². The predicted molar refractivity (Wildman–Crippen MR) is 90.8 cm³/mol. The number of amides is 1. The van der Waals surface area contributed by atoms with Gasteiger partial charge in [0.05, 0.1) is 11.9 Å². The molecular weight excluding hydrogens is 421 g/mol. The molecule has 0 radical (unpaired) electrons. The van der Waals surface area contributed by atoms with E-state index in [9.17, 15) is 19.5 Å². The summed E-state index contributed by atoms with van der Waals surface area (Å²) >= 11 is 17.4. The molecule has 2 fully saturated rings. The van der Waals surface area contributed by atoms with E-state index < -0.39 is 44.9 Å². The maximum Gasteiger partial charge on any atom is 0.508 e. The number of ether oxygens (including phenoxy) is 3. The van der Waals surface area contributed by atoms with Gasteiger partial charge in [0.25, 0.3) is 0 Å². The Labute approximate surface area is 163 Å². The Kier molecular flexibility index (Phi) is 6.26. The van der Waals surface area contributed by atoms with Gasteiger partial charge in [-0.2, -0.15) is 0 Å². The molecule has 2 aliphatic rings. The quantitative estimate of drug-likeness (QED) is 0.384. The number of carboxylic acid groups (broad SMARTS) is 1. The van der Waals surface area contributed by atoms with Crippen molar-refractivity contribution >= 4 is 64.6 Å². The molecule has 0 aromatic heterocycles. The smallest absolute Gasteiger partial charge is 0.478 e. The van der Waals surface area contributed by atoms with E-state index in [0.29, 0.717) is 0 Å². The van der Waals surface area contributed by atoms with Crippen molar-refractivity contribution in [1.29, 1.82) is 0 Å². The number of carboxylic acids is 1. The van der Waals surface area contributed by atoms with Gasteiger partial charge in [0.1, 0.15) is 18.6 Å². The van der Waals surface area contributed by atoms with E-state index in [2.05, 4.69) is 4.74 Å². The molecule has 4 atom stereocenters.